The Kier molecular flexibility index (Phi) is 5.36. The van der Waals surface area contributed by atoms with E-state index < -0.39 is 0 Å². The first-order valence-corrected chi connectivity index (χ1v) is 8.16. The SMILES string of the molecule is CCOC(=O)c1ccc(N(C)c2nc(C)c(C)nc2C)c(Br)c1. The highest BCUT2D eigenvalue weighted by Crippen LogP contribution is 2.32. The van der Waals surface area contributed by atoms with E-state index in [2.05, 4.69) is 25.9 Å². The molecule has 1 aromatic heterocycles. The molecule has 5 nitrogen and oxygen atoms in total. The number of ether oxygens (including phenoxy) is 1. The van der Waals surface area contributed by atoms with E-state index in [4.69, 9.17) is 4.74 Å². The maximum absolute atomic E-state index is 11.8. The highest BCUT2D eigenvalue weighted by Gasteiger charge is 2.16. The average molecular weight is 378 g/mol. The molecule has 122 valence electrons. The predicted octanol–water partition coefficient (Wildman–Crippen LogP) is 4.11. The second-order valence-electron chi connectivity index (χ2n) is 5.25. The Bertz CT molecular complexity index is 747. The monoisotopic (exact) mass is 377 g/mol. The Morgan fingerprint density at radius 2 is 1.83 bits per heavy atom. The van der Waals surface area contributed by atoms with Gasteiger partial charge in [0.05, 0.1) is 34.9 Å². The van der Waals surface area contributed by atoms with Crippen LogP contribution in [0.4, 0.5) is 11.5 Å². The minimum atomic E-state index is -0.329. The van der Waals surface area contributed by atoms with Crippen molar-refractivity contribution in [2.75, 3.05) is 18.6 Å². The van der Waals surface area contributed by atoms with Crippen molar-refractivity contribution < 1.29 is 9.53 Å². The van der Waals surface area contributed by atoms with Crippen molar-refractivity contribution in [2.45, 2.75) is 27.7 Å². The minimum absolute atomic E-state index is 0.329. The van der Waals surface area contributed by atoms with Crippen LogP contribution in [-0.4, -0.2) is 29.6 Å². The lowest BCUT2D eigenvalue weighted by atomic mass is 10.2. The molecular formula is C17H20BrN3O2. The molecule has 0 saturated heterocycles. The summed E-state index contributed by atoms with van der Waals surface area (Å²) in [6.07, 6.45) is 0. The van der Waals surface area contributed by atoms with Gasteiger partial charge in [0, 0.05) is 11.5 Å². The Hall–Kier alpha value is -1.95. The Morgan fingerprint density at radius 3 is 2.43 bits per heavy atom. The van der Waals surface area contributed by atoms with Gasteiger partial charge in [0.15, 0.2) is 5.82 Å². The average Bonchev–Trinajstić information content (AvgIpc) is 2.50. The lowest BCUT2D eigenvalue weighted by Gasteiger charge is -2.22. The molecule has 0 bridgehead atoms. The van der Waals surface area contributed by atoms with E-state index in [1.807, 2.05) is 38.8 Å². The summed E-state index contributed by atoms with van der Waals surface area (Å²) in [4.78, 5) is 22.9. The molecule has 2 rings (SSSR count). The van der Waals surface area contributed by atoms with Gasteiger partial charge < -0.3 is 9.64 Å². The zero-order valence-electron chi connectivity index (χ0n) is 14.0. The number of nitrogens with zero attached hydrogens (tertiary/aromatic N) is 3. The molecule has 0 aliphatic heterocycles. The normalized spacial score (nSPS) is 10.5. The van der Waals surface area contributed by atoms with Crippen molar-refractivity contribution >= 4 is 33.4 Å². The zero-order valence-corrected chi connectivity index (χ0v) is 15.6. The fourth-order valence-corrected chi connectivity index (χ4v) is 2.90. The molecule has 0 aliphatic carbocycles. The fraction of sp³-hybridized carbons (Fsp3) is 0.353. The first-order chi connectivity index (χ1) is 10.8. The van der Waals surface area contributed by atoms with E-state index in [9.17, 15) is 4.79 Å². The Balaban J connectivity index is 2.39. The third-order valence-corrected chi connectivity index (χ3v) is 4.23. The number of anilines is 2. The van der Waals surface area contributed by atoms with Gasteiger partial charge >= 0.3 is 5.97 Å². The predicted molar refractivity (Wildman–Crippen MR) is 94.4 cm³/mol. The Labute approximate surface area is 144 Å². The number of aromatic nitrogens is 2. The summed E-state index contributed by atoms with van der Waals surface area (Å²) in [7, 11) is 1.93. The van der Waals surface area contributed by atoms with E-state index in [1.165, 1.54) is 0 Å². The molecular weight excluding hydrogens is 358 g/mol. The van der Waals surface area contributed by atoms with E-state index in [0.717, 1.165) is 33.1 Å². The maximum atomic E-state index is 11.8. The minimum Gasteiger partial charge on any atom is -0.462 e. The van der Waals surface area contributed by atoms with Crippen LogP contribution in [0.15, 0.2) is 22.7 Å². The quantitative estimate of drug-likeness (QED) is 0.750. The van der Waals surface area contributed by atoms with Crippen LogP contribution in [0.3, 0.4) is 0 Å². The summed E-state index contributed by atoms with van der Waals surface area (Å²) in [6, 6.07) is 5.37. The standard InChI is InChI=1S/C17H20BrN3O2/c1-6-23-17(22)13-7-8-15(14(18)9-13)21(5)16-12(4)19-10(2)11(3)20-16/h7-9H,6H2,1-5H3. The number of aryl methyl sites for hydroxylation is 3. The first kappa shape index (κ1) is 17.4. The summed E-state index contributed by atoms with van der Waals surface area (Å²) in [6.45, 7) is 7.97. The van der Waals surface area contributed by atoms with Crippen molar-refractivity contribution in [3.63, 3.8) is 0 Å². The second kappa shape index (κ2) is 7.08. The molecule has 0 unspecified atom stereocenters. The van der Waals surface area contributed by atoms with E-state index in [-0.39, 0.29) is 5.97 Å². The van der Waals surface area contributed by atoms with Crippen LogP contribution in [0.2, 0.25) is 0 Å². The Morgan fingerprint density at radius 1 is 1.17 bits per heavy atom. The van der Waals surface area contributed by atoms with Gasteiger partial charge in [0.1, 0.15) is 0 Å². The molecule has 1 heterocycles. The highest BCUT2D eigenvalue weighted by molar-refractivity contribution is 9.10. The summed E-state index contributed by atoms with van der Waals surface area (Å²) < 4.78 is 5.82. The smallest absolute Gasteiger partial charge is 0.338 e. The second-order valence-corrected chi connectivity index (χ2v) is 6.10. The number of carbonyl (C=O) groups excluding carboxylic acids is 1. The van der Waals surface area contributed by atoms with E-state index >= 15 is 0 Å². The maximum Gasteiger partial charge on any atom is 0.338 e. The van der Waals surface area contributed by atoms with Gasteiger partial charge in [-0.05, 0) is 61.8 Å². The number of carbonyl (C=O) groups is 1. The molecule has 0 aliphatic rings. The number of hydrogen-bond acceptors (Lipinski definition) is 5. The number of hydrogen-bond donors (Lipinski definition) is 0. The third-order valence-electron chi connectivity index (χ3n) is 3.59. The summed E-state index contributed by atoms with van der Waals surface area (Å²) in [5, 5.41) is 0. The summed E-state index contributed by atoms with van der Waals surface area (Å²) in [5.74, 6) is 0.460. The first-order valence-electron chi connectivity index (χ1n) is 7.37. The van der Waals surface area contributed by atoms with Crippen LogP contribution in [0.25, 0.3) is 0 Å². The molecule has 0 atom stereocenters. The summed E-state index contributed by atoms with van der Waals surface area (Å²) >= 11 is 3.52. The molecule has 23 heavy (non-hydrogen) atoms. The number of esters is 1. The van der Waals surface area contributed by atoms with Crippen molar-refractivity contribution in [3.8, 4) is 0 Å². The van der Waals surface area contributed by atoms with Gasteiger partial charge in [-0.2, -0.15) is 0 Å². The van der Waals surface area contributed by atoms with Crippen LogP contribution in [0, 0.1) is 20.8 Å². The van der Waals surface area contributed by atoms with Crippen molar-refractivity contribution in [1.82, 2.24) is 9.97 Å². The van der Waals surface area contributed by atoms with Crippen LogP contribution < -0.4 is 4.90 Å². The van der Waals surface area contributed by atoms with Crippen molar-refractivity contribution in [1.29, 1.82) is 0 Å². The molecule has 2 aromatic rings. The molecule has 0 spiro atoms. The lowest BCUT2D eigenvalue weighted by Crippen LogP contribution is -2.16. The molecule has 0 saturated carbocycles. The number of benzene rings is 1. The van der Waals surface area contributed by atoms with Crippen molar-refractivity contribution in [3.05, 3.63) is 45.3 Å². The third kappa shape index (κ3) is 3.69. The highest BCUT2D eigenvalue weighted by atomic mass is 79.9. The largest absolute Gasteiger partial charge is 0.462 e. The number of rotatable bonds is 4. The van der Waals surface area contributed by atoms with Gasteiger partial charge in [-0.15, -0.1) is 0 Å². The van der Waals surface area contributed by atoms with Crippen LogP contribution >= 0.6 is 15.9 Å². The van der Waals surface area contributed by atoms with E-state index in [0.29, 0.717) is 12.2 Å². The molecule has 0 radical (unpaired) electrons. The fourth-order valence-electron chi connectivity index (χ4n) is 2.26. The number of halogens is 1. The molecule has 0 fully saturated rings. The van der Waals surface area contributed by atoms with Gasteiger partial charge in [0.25, 0.3) is 0 Å². The van der Waals surface area contributed by atoms with Gasteiger partial charge in [-0.25, -0.2) is 9.78 Å². The van der Waals surface area contributed by atoms with Crippen LogP contribution in [0.1, 0.15) is 34.4 Å². The van der Waals surface area contributed by atoms with Crippen LogP contribution in [0.5, 0.6) is 0 Å². The molecule has 0 amide bonds. The molecule has 6 heteroatoms. The zero-order chi connectivity index (χ0) is 17.1. The molecule has 1 aromatic carbocycles. The lowest BCUT2D eigenvalue weighted by molar-refractivity contribution is 0.0526. The van der Waals surface area contributed by atoms with Gasteiger partial charge in [-0.1, -0.05) is 0 Å². The topological polar surface area (TPSA) is 55.3 Å². The van der Waals surface area contributed by atoms with Crippen LogP contribution in [-0.2, 0) is 4.74 Å². The summed E-state index contributed by atoms with van der Waals surface area (Å²) in [5.41, 5.74) is 4.10. The van der Waals surface area contributed by atoms with E-state index in [1.54, 1.807) is 19.1 Å². The van der Waals surface area contributed by atoms with Crippen molar-refractivity contribution in [2.24, 2.45) is 0 Å². The molecule has 0 N–H and O–H groups in total. The van der Waals surface area contributed by atoms with Gasteiger partial charge in [-0.3, -0.25) is 4.98 Å². The van der Waals surface area contributed by atoms with Gasteiger partial charge in [0.2, 0.25) is 0 Å².